The lowest BCUT2D eigenvalue weighted by Crippen LogP contribution is -2.33. The molecule has 6 heteroatoms. The molecule has 0 spiro atoms. The molecular formula is C15H24F2N2O2. The van der Waals surface area contributed by atoms with Crippen LogP contribution in [0.2, 0.25) is 0 Å². The van der Waals surface area contributed by atoms with E-state index < -0.39 is 17.7 Å². The van der Waals surface area contributed by atoms with Gasteiger partial charge in [0, 0.05) is 33.3 Å². The summed E-state index contributed by atoms with van der Waals surface area (Å²) in [6.45, 7) is 4.54. The van der Waals surface area contributed by atoms with Gasteiger partial charge >= 0.3 is 0 Å². The van der Waals surface area contributed by atoms with Gasteiger partial charge in [0.2, 0.25) is 0 Å². The summed E-state index contributed by atoms with van der Waals surface area (Å²) in [7, 11) is 2.99. The Morgan fingerprint density at radius 1 is 1.29 bits per heavy atom. The van der Waals surface area contributed by atoms with Crippen LogP contribution < -0.4 is 10.2 Å². The molecule has 0 heterocycles. The molecular weight excluding hydrogens is 278 g/mol. The molecule has 4 nitrogen and oxygen atoms in total. The molecule has 0 aliphatic carbocycles. The smallest absolute Gasteiger partial charge is 0.149 e. The summed E-state index contributed by atoms with van der Waals surface area (Å²) >= 11 is 0. The van der Waals surface area contributed by atoms with Crippen molar-refractivity contribution in [2.45, 2.75) is 32.5 Å². The highest BCUT2D eigenvalue weighted by molar-refractivity contribution is 5.50. The van der Waals surface area contributed by atoms with Gasteiger partial charge in [-0.05, 0) is 17.7 Å². The number of likely N-dealkylation sites (N-methyl/N-ethyl adjacent to an activating group) is 1. The highest BCUT2D eigenvalue weighted by Crippen LogP contribution is 2.24. The van der Waals surface area contributed by atoms with Crippen LogP contribution in [0.3, 0.4) is 0 Å². The zero-order valence-electron chi connectivity index (χ0n) is 13.0. The van der Waals surface area contributed by atoms with Crippen LogP contribution in [0.4, 0.5) is 14.5 Å². The van der Waals surface area contributed by atoms with Gasteiger partial charge in [0.05, 0.1) is 12.7 Å². The third-order valence-corrected chi connectivity index (χ3v) is 3.02. The van der Waals surface area contributed by atoms with E-state index >= 15 is 0 Å². The number of anilines is 1. The fourth-order valence-corrected chi connectivity index (χ4v) is 2.06. The second-order valence-electron chi connectivity index (χ2n) is 5.43. The highest BCUT2D eigenvalue weighted by atomic mass is 19.1. The van der Waals surface area contributed by atoms with Gasteiger partial charge in [0.15, 0.2) is 0 Å². The van der Waals surface area contributed by atoms with E-state index in [-0.39, 0.29) is 24.9 Å². The molecule has 1 unspecified atom stereocenters. The second-order valence-corrected chi connectivity index (χ2v) is 5.43. The van der Waals surface area contributed by atoms with Crippen LogP contribution in [-0.2, 0) is 11.3 Å². The number of hydrogen-bond acceptors (Lipinski definition) is 4. The van der Waals surface area contributed by atoms with Gasteiger partial charge in [-0.2, -0.15) is 0 Å². The maximum absolute atomic E-state index is 14.1. The van der Waals surface area contributed by atoms with Crippen LogP contribution in [-0.4, -0.2) is 44.6 Å². The standard InChI is InChI=1S/C15H24F2N2O2/c1-10(2)18-7-11-5-13(16)15(14(17)6-11)19(3)8-12(20)9-21-4/h5-6,10,12,18,20H,7-9H2,1-4H3. The number of halogens is 2. The fourth-order valence-electron chi connectivity index (χ4n) is 2.06. The summed E-state index contributed by atoms with van der Waals surface area (Å²) in [5.41, 5.74) is 0.409. The van der Waals surface area contributed by atoms with Gasteiger partial charge < -0.3 is 20.1 Å². The molecule has 2 N–H and O–H groups in total. The lowest BCUT2D eigenvalue weighted by Gasteiger charge is -2.23. The first-order chi connectivity index (χ1) is 9.85. The van der Waals surface area contributed by atoms with E-state index in [4.69, 9.17) is 4.74 Å². The molecule has 0 saturated heterocycles. The van der Waals surface area contributed by atoms with Crippen LogP contribution in [0.25, 0.3) is 0 Å². The fraction of sp³-hybridized carbons (Fsp3) is 0.600. The zero-order valence-corrected chi connectivity index (χ0v) is 13.0. The Labute approximate surface area is 124 Å². The molecule has 1 rings (SSSR count). The number of aliphatic hydroxyl groups excluding tert-OH is 1. The molecule has 0 bridgehead atoms. The minimum atomic E-state index is -0.805. The van der Waals surface area contributed by atoms with Crippen molar-refractivity contribution in [1.82, 2.24) is 5.32 Å². The average Bonchev–Trinajstić information content (AvgIpc) is 2.35. The molecule has 0 aliphatic heterocycles. The maximum Gasteiger partial charge on any atom is 0.149 e. The zero-order chi connectivity index (χ0) is 16.0. The largest absolute Gasteiger partial charge is 0.389 e. The van der Waals surface area contributed by atoms with E-state index in [9.17, 15) is 13.9 Å². The average molecular weight is 302 g/mol. The van der Waals surface area contributed by atoms with Crippen LogP contribution >= 0.6 is 0 Å². The molecule has 1 atom stereocenters. The Morgan fingerprint density at radius 3 is 2.33 bits per heavy atom. The van der Waals surface area contributed by atoms with Gasteiger partial charge in [-0.15, -0.1) is 0 Å². The number of aliphatic hydroxyl groups is 1. The Bertz CT molecular complexity index is 432. The number of ether oxygens (including phenoxy) is 1. The number of methoxy groups -OCH3 is 1. The molecule has 0 radical (unpaired) electrons. The van der Waals surface area contributed by atoms with Gasteiger partial charge in [0.1, 0.15) is 17.3 Å². The Balaban J connectivity index is 2.83. The van der Waals surface area contributed by atoms with Gasteiger partial charge in [-0.3, -0.25) is 0 Å². The molecule has 120 valence electrons. The predicted octanol–water partition coefficient (Wildman–Crippen LogP) is 1.91. The Hall–Kier alpha value is -1.24. The van der Waals surface area contributed by atoms with Crippen molar-refractivity contribution in [1.29, 1.82) is 0 Å². The first-order valence-electron chi connectivity index (χ1n) is 6.94. The summed E-state index contributed by atoms with van der Waals surface area (Å²) in [6, 6.07) is 2.86. The van der Waals surface area contributed by atoms with Crippen molar-refractivity contribution in [3.05, 3.63) is 29.3 Å². The molecule has 1 aromatic carbocycles. The number of hydrogen-bond donors (Lipinski definition) is 2. The van der Waals surface area contributed by atoms with Gasteiger partial charge in [-0.1, -0.05) is 13.8 Å². The van der Waals surface area contributed by atoms with Crippen LogP contribution in [0, 0.1) is 11.6 Å². The number of nitrogens with zero attached hydrogens (tertiary/aromatic N) is 1. The summed E-state index contributed by atoms with van der Waals surface area (Å²) < 4.78 is 33.0. The molecule has 0 fully saturated rings. The summed E-state index contributed by atoms with van der Waals surface area (Å²) in [4.78, 5) is 1.36. The first kappa shape index (κ1) is 17.8. The van der Waals surface area contributed by atoms with Crippen molar-refractivity contribution in [3.63, 3.8) is 0 Å². The van der Waals surface area contributed by atoms with Crippen molar-refractivity contribution >= 4 is 5.69 Å². The van der Waals surface area contributed by atoms with E-state index in [1.807, 2.05) is 13.8 Å². The SMILES string of the molecule is COCC(O)CN(C)c1c(F)cc(CNC(C)C)cc1F. The molecule has 1 aromatic rings. The Morgan fingerprint density at radius 2 is 1.86 bits per heavy atom. The van der Waals surface area contributed by atoms with Crippen molar-refractivity contribution in [3.8, 4) is 0 Å². The lowest BCUT2D eigenvalue weighted by atomic mass is 10.1. The monoisotopic (exact) mass is 302 g/mol. The maximum atomic E-state index is 14.1. The van der Waals surface area contributed by atoms with Gasteiger partial charge in [0.25, 0.3) is 0 Å². The summed E-state index contributed by atoms with van der Waals surface area (Å²) in [6.07, 6.45) is -0.805. The van der Waals surface area contributed by atoms with Crippen LogP contribution in [0.1, 0.15) is 19.4 Å². The minimum Gasteiger partial charge on any atom is -0.389 e. The molecule has 21 heavy (non-hydrogen) atoms. The minimum absolute atomic E-state index is 0.0886. The number of benzene rings is 1. The van der Waals surface area contributed by atoms with E-state index in [1.54, 1.807) is 0 Å². The number of rotatable bonds is 8. The number of nitrogens with one attached hydrogen (secondary N) is 1. The first-order valence-corrected chi connectivity index (χ1v) is 6.94. The van der Waals surface area contributed by atoms with Crippen molar-refractivity contribution < 1.29 is 18.6 Å². The topological polar surface area (TPSA) is 44.7 Å². The molecule has 0 aromatic heterocycles. The summed E-state index contributed by atoms with van der Waals surface area (Å²) in [5.74, 6) is -1.27. The molecule has 0 aliphatic rings. The van der Waals surface area contributed by atoms with Gasteiger partial charge in [-0.25, -0.2) is 8.78 Å². The van der Waals surface area contributed by atoms with E-state index in [0.717, 1.165) is 0 Å². The second kappa shape index (κ2) is 8.26. The van der Waals surface area contributed by atoms with E-state index in [0.29, 0.717) is 12.1 Å². The third-order valence-electron chi connectivity index (χ3n) is 3.02. The van der Waals surface area contributed by atoms with E-state index in [2.05, 4.69) is 5.32 Å². The van der Waals surface area contributed by atoms with Crippen LogP contribution in [0.5, 0.6) is 0 Å². The van der Waals surface area contributed by atoms with Crippen LogP contribution in [0.15, 0.2) is 12.1 Å². The Kier molecular flexibility index (Phi) is 7.01. The lowest BCUT2D eigenvalue weighted by molar-refractivity contribution is 0.0693. The molecule has 0 amide bonds. The van der Waals surface area contributed by atoms with E-state index in [1.165, 1.54) is 31.2 Å². The quantitative estimate of drug-likeness (QED) is 0.770. The highest BCUT2D eigenvalue weighted by Gasteiger charge is 2.17. The third kappa shape index (κ3) is 5.57. The van der Waals surface area contributed by atoms with Crippen molar-refractivity contribution in [2.75, 3.05) is 32.2 Å². The molecule has 0 saturated carbocycles. The van der Waals surface area contributed by atoms with Crippen molar-refractivity contribution in [2.24, 2.45) is 0 Å². The normalized spacial score (nSPS) is 12.8. The summed E-state index contributed by atoms with van der Waals surface area (Å²) in [5, 5.41) is 12.8. The predicted molar refractivity (Wildman–Crippen MR) is 79.5 cm³/mol.